The predicted molar refractivity (Wildman–Crippen MR) is 113 cm³/mol. The molecule has 5 heteroatoms. The van der Waals surface area contributed by atoms with Crippen LogP contribution in [-0.2, 0) is 4.74 Å². The third-order valence-corrected chi connectivity index (χ3v) is 4.89. The van der Waals surface area contributed by atoms with Crippen molar-refractivity contribution in [1.82, 2.24) is 4.90 Å². The van der Waals surface area contributed by atoms with E-state index in [-0.39, 0.29) is 6.73 Å². The zero-order chi connectivity index (χ0) is 20.5. The Morgan fingerprint density at radius 2 is 1.57 bits per heavy atom. The molecule has 0 unspecified atom stereocenters. The average molecular weight is 386 g/mol. The van der Waals surface area contributed by atoms with Crippen molar-refractivity contribution in [3.05, 3.63) is 65.2 Å². The van der Waals surface area contributed by atoms with Crippen LogP contribution in [0.25, 0.3) is 5.57 Å². The highest BCUT2D eigenvalue weighted by Gasteiger charge is 2.09. The molecule has 0 amide bonds. The minimum atomic E-state index is 0.170. The van der Waals surface area contributed by atoms with Gasteiger partial charge in [0.05, 0.1) is 34.2 Å². The van der Waals surface area contributed by atoms with Gasteiger partial charge in [-0.25, -0.2) is 0 Å². The Balaban J connectivity index is 0.000000292. The Kier molecular flexibility index (Phi) is 8.51. The van der Waals surface area contributed by atoms with E-state index in [0.29, 0.717) is 0 Å². The van der Waals surface area contributed by atoms with Gasteiger partial charge in [0, 0.05) is 13.1 Å². The van der Waals surface area contributed by atoms with Crippen LogP contribution in [0, 0.1) is 13.8 Å². The van der Waals surface area contributed by atoms with Crippen molar-refractivity contribution in [3.8, 4) is 11.5 Å². The molecule has 0 radical (unpaired) electrons. The van der Waals surface area contributed by atoms with Crippen LogP contribution in [-0.4, -0.2) is 57.3 Å². The summed E-state index contributed by atoms with van der Waals surface area (Å²) in [6.07, 6.45) is 0. The summed E-state index contributed by atoms with van der Waals surface area (Å²) in [7, 11) is 3.27. The number of hydrogen-bond donors (Lipinski definition) is 1. The highest BCUT2D eigenvalue weighted by atomic mass is 16.5. The molecule has 1 saturated heterocycles. The summed E-state index contributed by atoms with van der Waals surface area (Å²) in [5.74, 6) is 1.44. The van der Waals surface area contributed by atoms with Gasteiger partial charge in [-0.3, -0.25) is 4.90 Å². The molecular formula is C23H31NO4. The van der Waals surface area contributed by atoms with E-state index in [1.54, 1.807) is 14.2 Å². The molecule has 28 heavy (non-hydrogen) atoms. The zero-order valence-corrected chi connectivity index (χ0v) is 17.3. The second-order valence-corrected chi connectivity index (χ2v) is 6.72. The van der Waals surface area contributed by atoms with Crippen molar-refractivity contribution in [3.63, 3.8) is 0 Å². The van der Waals surface area contributed by atoms with E-state index in [1.165, 1.54) is 11.1 Å². The molecule has 0 spiro atoms. The van der Waals surface area contributed by atoms with Crippen molar-refractivity contribution < 1.29 is 19.3 Å². The van der Waals surface area contributed by atoms with Crippen molar-refractivity contribution in [2.45, 2.75) is 13.8 Å². The number of aliphatic hydroxyl groups excluding tert-OH is 1. The molecule has 1 aliphatic heterocycles. The number of methoxy groups -OCH3 is 2. The minimum Gasteiger partial charge on any atom is -0.493 e. The molecule has 2 aromatic rings. The van der Waals surface area contributed by atoms with Gasteiger partial charge >= 0.3 is 0 Å². The maximum Gasteiger partial charge on any atom is 0.161 e. The number of hydrogen-bond acceptors (Lipinski definition) is 5. The summed E-state index contributed by atoms with van der Waals surface area (Å²) in [4.78, 5) is 1.95. The van der Waals surface area contributed by atoms with Crippen LogP contribution < -0.4 is 9.47 Å². The van der Waals surface area contributed by atoms with Gasteiger partial charge < -0.3 is 19.3 Å². The van der Waals surface area contributed by atoms with Gasteiger partial charge in [-0.2, -0.15) is 0 Å². The molecule has 0 saturated carbocycles. The molecule has 5 nitrogen and oxygen atoms in total. The van der Waals surface area contributed by atoms with Gasteiger partial charge in [0.15, 0.2) is 11.5 Å². The summed E-state index contributed by atoms with van der Waals surface area (Å²) in [5.41, 5.74) is 5.69. The normalized spacial score (nSPS) is 14.0. The number of morpholine rings is 1. The Morgan fingerprint density at radius 1 is 0.964 bits per heavy atom. The predicted octanol–water partition coefficient (Wildman–Crippen LogP) is 3.65. The molecule has 0 aliphatic carbocycles. The van der Waals surface area contributed by atoms with Crippen LogP contribution in [0.4, 0.5) is 0 Å². The standard InChI is InChI=1S/C18H20O2.C5H11NO2/c1-12-6-7-15(10-13(12)2)14(3)16-8-9-17(19-4)18(11-16)20-5;7-5-6-1-3-8-4-2-6/h6-11H,3H2,1-2,4-5H3;7H,1-5H2. The molecule has 1 heterocycles. The monoisotopic (exact) mass is 385 g/mol. The fraction of sp³-hybridized carbons (Fsp3) is 0.391. The Hall–Kier alpha value is -2.34. The SMILES string of the molecule is C=C(c1ccc(C)c(C)c1)c1ccc(OC)c(OC)c1.OCN1CCOCC1. The highest BCUT2D eigenvalue weighted by Crippen LogP contribution is 2.32. The van der Waals surface area contributed by atoms with Crippen molar-refractivity contribution >= 4 is 5.57 Å². The second kappa shape index (κ2) is 10.9. The third-order valence-electron chi connectivity index (χ3n) is 4.89. The molecule has 3 rings (SSSR count). The van der Waals surface area contributed by atoms with E-state index in [2.05, 4.69) is 38.6 Å². The Labute approximate surface area is 168 Å². The lowest BCUT2D eigenvalue weighted by Crippen LogP contribution is -2.36. The first kappa shape index (κ1) is 22.0. The van der Waals surface area contributed by atoms with Gasteiger partial charge in [-0.15, -0.1) is 0 Å². The van der Waals surface area contributed by atoms with E-state index < -0.39 is 0 Å². The topological polar surface area (TPSA) is 51.2 Å². The summed E-state index contributed by atoms with van der Waals surface area (Å²) in [5, 5.41) is 8.56. The van der Waals surface area contributed by atoms with Crippen LogP contribution in [0.15, 0.2) is 43.0 Å². The largest absolute Gasteiger partial charge is 0.493 e. The molecule has 0 aromatic heterocycles. The molecular weight excluding hydrogens is 354 g/mol. The fourth-order valence-corrected chi connectivity index (χ4v) is 2.86. The second-order valence-electron chi connectivity index (χ2n) is 6.72. The van der Waals surface area contributed by atoms with Gasteiger partial charge in [0.2, 0.25) is 0 Å². The number of nitrogens with zero attached hydrogens (tertiary/aromatic N) is 1. The van der Waals surface area contributed by atoms with Crippen molar-refractivity contribution in [1.29, 1.82) is 0 Å². The molecule has 152 valence electrons. The van der Waals surface area contributed by atoms with Gasteiger partial charge in [0.25, 0.3) is 0 Å². The zero-order valence-electron chi connectivity index (χ0n) is 17.3. The first-order chi connectivity index (χ1) is 13.5. The maximum absolute atomic E-state index is 8.56. The Bertz CT molecular complexity index is 782. The molecule has 1 aliphatic rings. The average Bonchev–Trinajstić information content (AvgIpc) is 2.75. The van der Waals surface area contributed by atoms with Crippen molar-refractivity contribution in [2.75, 3.05) is 47.3 Å². The van der Waals surface area contributed by atoms with Gasteiger partial charge in [0.1, 0.15) is 0 Å². The molecule has 0 atom stereocenters. The van der Waals surface area contributed by atoms with Gasteiger partial charge in [-0.05, 0) is 53.8 Å². The van der Waals surface area contributed by atoms with Crippen LogP contribution in [0.5, 0.6) is 11.5 Å². The smallest absolute Gasteiger partial charge is 0.161 e. The summed E-state index contributed by atoms with van der Waals surface area (Å²) in [6.45, 7) is 11.9. The lowest BCUT2D eigenvalue weighted by Gasteiger charge is -2.23. The van der Waals surface area contributed by atoms with E-state index in [1.807, 2.05) is 23.1 Å². The number of benzene rings is 2. The summed E-state index contributed by atoms with van der Waals surface area (Å²) < 4.78 is 15.6. The summed E-state index contributed by atoms with van der Waals surface area (Å²) >= 11 is 0. The van der Waals surface area contributed by atoms with E-state index in [0.717, 1.165) is 54.5 Å². The van der Waals surface area contributed by atoms with Crippen LogP contribution >= 0.6 is 0 Å². The van der Waals surface area contributed by atoms with Gasteiger partial charge in [-0.1, -0.05) is 30.8 Å². The number of ether oxygens (including phenoxy) is 3. The lowest BCUT2D eigenvalue weighted by molar-refractivity contribution is -0.00309. The lowest BCUT2D eigenvalue weighted by atomic mass is 9.96. The molecule has 1 fully saturated rings. The molecule has 1 N–H and O–H groups in total. The Morgan fingerprint density at radius 3 is 2.11 bits per heavy atom. The van der Waals surface area contributed by atoms with Crippen molar-refractivity contribution in [2.24, 2.45) is 0 Å². The summed E-state index contributed by atoms with van der Waals surface area (Å²) in [6, 6.07) is 12.2. The fourth-order valence-electron chi connectivity index (χ4n) is 2.86. The minimum absolute atomic E-state index is 0.170. The van der Waals surface area contributed by atoms with Crippen LogP contribution in [0.2, 0.25) is 0 Å². The van der Waals surface area contributed by atoms with Crippen LogP contribution in [0.3, 0.4) is 0 Å². The molecule has 2 aromatic carbocycles. The van der Waals surface area contributed by atoms with E-state index in [4.69, 9.17) is 19.3 Å². The van der Waals surface area contributed by atoms with Crippen LogP contribution in [0.1, 0.15) is 22.3 Å². The quantitative estimate of drug-likeness (QED) is 0.851. The van der Waals surface area contributed by atoms with E-state index in [9.17, 15) is 0 Å². The van der Waals surface area contributed by atoms with E-state index >= 15 is 0 Å². The highest BCUT2D eigenvalue weighted by molar-refractivity contribution is 5.79. The first-order valence-electron chi connectivity index (χ1n) is 9.40. The number of aryl methyl sites for hydroxylation is 2. The first-order valence-corrected chi connectivity index (χ1v) is 9.40. The maximum atomic E-state index is 8.56. The number of aliphatic hydroxyl groups is 1. The third kappa shape index (κ3) is 5.83. The molecule has 0 bridgehead atoms. The number of rotatable bonds is 5.